The molecule has 0 radical (unpaired) electrons. The summed E-state index contributed by atoms with van der Waals surface area (Å²) >= 11 is 9.58. The van der Waals surface area contributed by atoms with Crippen molar-refractivity contribution in [1.82, 2.24) is 9.66 Å². The molecule has 0 aliphatic carbocycles. The first kappa shape index (κ1) is 23.8. The highest BCUT2D eigenvalue weighted by Crippen LogP contribution is 2.33. The number of aliphatic carboxylic acids is 1. The molecule has 180 valence electrons. The summed E-state index contributed by atoms with van der Waals surface area (Å²) < 4.78 is 13.2. The van der Waals surface area contributed by atoms with E-state index in [4.69, 9.17) is 20.8 Å². The Kier molecular flexibility index (Phi) is 6.34. The second-order valence-corrected chi connectivity index (χ2v) is 9.16. The molecule has 5 aromatic rings. The Morgan fingerprint density at radius 2 is 1.94 bits per heavy atom. The van der Waals surface area contributed by atoms with Gasteiger partial charge in [-0.15, -0.1) is 0 Å². The summed E-state index contributed by atoms with van der Waals surface area (Å²) in [5, 5.41) is 15.3. The van der Waals surface area contributed by atoms with E-state index in [2.05, 4.69) is 26.0 Å². The predicted octanol–water partition coefficient (Wildman–Crippen LogP) is 5.96. The van der Waals surface area contributed by atoms with Gasteiger partial charge in [0.15, 0.2) is 11.9 Å². The molecule has 8 nitrogen and oxygen atoms in total. The van der Waals surface area contributed by atoms with E-state index in [0.29, 0.717) is 37.3 Å². The molecule has 2 heterocycles. The second kappa shape index (κ2) is 9.60. The quantitative estimate of drug-likeness (QED) is 0.254. The Bertz CT molecular complexity index is 1690. The monoisotopic (exact) mass is 565 g/mol. The lowest BCUT2D eigenvalue weighted by Gasteiger charge is -2.15. The minimum absolute atomic E-state index is 0.202. The van der Waals surface area contributed by atoms with Crippen LogP contribution in [0.5, 0.6) is 5.75 Å². The average Bonchev–Trinajstić information content (AvgIpc) is 3.29. The van der Waals surface area contributed by atoms with Gasteiger partial charge in [0.1, 0.15) is 11.3 Å². The van der Waals surface area contributed by atoms with Crippen LogP contribution in [0.4, 0.5) is 0 Å². The van der Waals surface area contributed by atoms with Gasteiger partial charge in [0, 0.05) is 16.0 Å². The third-order valence-corrected chi connectivity index (χ3v) is 6.20. The maximum atomic E-state index is 13.5. The van der Waals surface area contributed by atoms with Crippen molar-refractivity contribution in [2.45, 2.75) is 13.0 Å². The predicted molar refractivity (Wildman–Crippen MR) is 141 cm³/mol. The summed E-state index contributed by atoms with van der Waals surface area (Å²) in [4.78, 5) is 29.5. The number of hydrogen-bond acceptors (Lipinski definition) is 6. The molecule has 2 aromatic heterocycles. The van der Waals surface area contributed by atoms with Gasteiger partial charge in [-0.1, -0.05) is 41.9 Å². The van der Waals surface area contributed by atoms with Crippen LogP contribution in [0.1, 0.15) is 12.5 Å². The average molecular weight is 567 g/mol. The summed E-state index contributed by atoms with van der Waals surface area (Å²) in [6.45, 7) is 1.40. The van der Waals surface area contributed by atoms with E-state index in [1.807, 2.05) is 24.3 Å². The van der Waals surface area contributed by atoms with Crippen molar-refractivity contribution >= 4 is 61.6 Å². The van der Waals surface area contributed by atoms with Gasteiger partial charge >= 0.3 is 5.97 Å². The lowest BCUT2D eigenvalue weighted by Crippen LogP contribution is -2.24. The highest BCUT2D eigenvalue weighted by molar-refractivity contribution is 9.10. The Hall–Kier alpha value is -3.95. The fourth-order valence-corrected chi connectivity index (χ4v) is 4.56. The van der Waals surface area contributed by atoms with E-state index in [0.717, 1.165) is 10.1 Å². The number of furan rings is 1. The Morgan fingerprint density at radius 1 is 1.19 bits per heavy atom. The molecule has 5 rings (SSSR count). The topological polar surface area (TPSA) is 107 Å². The van der Waals surface area contributed by atoms with Crippen molar-refractivity contribution in [3.63, 3.8) is 0 Å². The van der Waals surface area contributed by atoms with Crippen molar-refractivity contribution in [2.24, 2.45) is 5.10 Å². The van der Waals surface area contributed by atoms with Crippen LogP contribution in [-0.4, -0.2) is 33.1 Å². The first-order valence-corrected chi connectivity index (χ1v) is 11.9. The normalized spacial score (nSPS) is 12.4. The first-order valence-electron chi connectivity index (χ1n) is 10.8. The molecule has 10 heteroatoms. The van der Waals surface area contributed by atoms with Crippen LogP contribution in [-0.2, 0) is 4.79 Å². The molecule has 0 aliphatic rings. The maximum Gasteiger partial charge on any atom is 0.344 e. The smallest absolute Gasteiger partial charge is 0.344 e. The van der Waals surface area contributed by atoms with E-state index < -0.39 is 17.6 Å². The lowest BCUT2D eigenvalue weighted by atomic mass is 10.2. The third kappa shape index (κ3) is 4.50. The number of carbonyl (C=O) groups is 1. The van der Waals surface area contributed by atoms with Crippen molar-refractivity contribution in [2.75, 3.05) is 0 Å². The zero-order chi connectivity index (χ0) is 25.4. The van der Waals surface area contributed by atoms with Gasteiger partial charge in [0.2, 0.25) is 5.82 Å². The lowest BCUT2D eigenvalue weighted by molar-refractivity contribution is -0.144. The standard InChI is InChI=1S/C26H17BrClN3O5/c1-14(26(33)34)35-23-16(10-17(28)12-19(23)27)13-29-31-24(22-11-15-6-2-5-9-21(15)36-22)30-20-8-4-3-7-18(20)25(31)32/h2-14H,1H3,(H,33,34)/t14-/m0/s1. The van der Waals surface area contributed by atoms with Crippen molar-refractivity contribution in [1.29, 1.82) is 0 Å². The molecule has 0 saturated heterocycles. The Morgan fingerprint density at radius 3 is 2.72 bits per heavy atom. The highest BCUT2D eigenvalue weighted by Gasteiger charge is 2.19. The summed E-state index contributed by atoms with van der Waals surface area (Å²) in [7, 11) is 0. The van der Waals surface area contributed by atoms with Crippen molar-refractivity contribution < 1.29 is 19.1 Å². The molecule has 3 aromatic carbocycles. The van der Waals surface area contributed by atoms with Crippen LogP contribution < -0.4 is 10.3 Å². The largest absolute Gasteiger partial charge is 0.479 e. The third-order valence-electron chi connectivity index (χ3n) is 5.39. The number of rotatable bonds is 6. The number of carboxylic acid groups (broad SMARTS) is 1. The van der Waals surface area contributed by atoms with Crippen LogP contribution in [0.3, 0.4) is 0 Å². The molecule has 0 amide bonds. The van der Waals surface area contributed by atoms with Gasteiger partial charge in [0.05, 0.1) is 21.6 Å². The van der Waals surface area contributed by atoms with Crippen LogP contribution in [0.15, 0.2) is 85.5 Å². The van der Waals surface area contributed by atoms with E-state index in [-0.39, 0.29) is 11.6 Å². The molecular formula is C26H17BrClN3O5. The molecular weight excluding hydrogens is 550 g/mol. The van der Waals surface area contributed by atoms with Crippen molar-refractivity contribution in [3.05, 3.63) is 92.1 Å². The SMILES string of the molecule is C[C@H](Oc1c(Br)cc(Cl)cc1C=Nn1c(-c2cc3ccccc3o2)nc2ccccc2c1=O)C(=O)O. The van der Waals surface area contributed by atoms with E-state index in [9.17, 15) is 14.7 Å². The highest BCUT2D eigenvalue weighted by atomic mass is 79.9. The number of para-hydroxylation sites is 2. The Balaban J connectivity index is 1.70. The fraction of sp³-hybridized carbons (Fsp3) is 0.0769. The van der Waals surface area contributed by atoms with Crippen molar-refractivity contribution in [3.8, 4) is 17.3 Å². The van der Waals surface area contributed by atoms with Crippen LogP contribution in [0.25, 0.3) is 33.5 Å². The maximum absolute atomic E-state index is 13.5. The summed E-state index contributed by atoms with van der Waals surface area (Å²) in [5.41, 5.74) is 1.09. The van der Waals surface area contributed by atoms with Crippen LogP contribution in [0, 0.1) is 0 Å². The second-order valence-electron chi connectivity index (χ2n) is 7.87. The Labute approximate surface area is 217 Å². The molecule has 36 heavy (non-hydrogen) atoms. The summed E-state index contributed by atoms with van der Waals surface area (Å²) in [6, 6.07) is 19.3. The number of ether oxygens (including phenoxy) is 1. The molecule has 0 aliphatic heterocycles. The molecule has 1 atom stereocenters. The summed E-state index contributed by atoms with van der Waals surface area (Å²) in [5.74, 6) is -0.361. The molecule has 1 N–H and O–H groups in total. The molecule has 0 spiro atoms. The van der Waals surface area contributed by atoms with Gasteiger partial charge in [0.25, 0.3) is 5.56 Å². The number of fused-ring (bicyclic) bond motifs is 2. The minimum Gasteiger partial charge on any atom is -0.479 e. The number of halogens is 2. The first-order chi connectivity index (χ1) is 17.3. The van der Waals surface area contributed by atoms with Gasteiger partial charge in [-0.25, -0.2) is 9.78 Å². The zero-order valence-electron chi connectivity index (χ0n) is 18.7. The number of benzene rings is 3. The van der Waals surface area contributed by atoms with E-state index in [1.165, 1.54) is 13.1 Å². The van der Waals surface area contributed by atoms with Crippen LogP contribution in [0.2, 0.25) is 5.02 Å². The zero-order valence-corrected chi connectivity index (χ0v) is 21.0. The number of nitrogens with zero attached hydrogens (tertiary/aromatic N) is 3. The van der Waals surface area contributed by atoms with Gasteiger partial charge in [-0.05, 0) is 59.3 Å². The van der Waals surface area contributed by atoms with Crippen LogP contribution >= 0.6 is 27.5 Å². The molecule has 0 fully saturated rings. The van der Waals surface area contributed by atoms with E-state index in [1.54, 1.807) is 42.5 Å². The van der Waals surface area contributed by atoms with Gasteiger partial charge in [-0.3, -0.25) is 4.79 Å². The molecule has 0 bridgehead atoms. The number of aromatic nitrogens is 2. The summed E-state index contributed by atoms with van der Waals surface area (Å²) in [6.07, 6.45) is 0.232. The van der Waals surface area contributed by atoms with Gasteiger partial charge < -0.3 is 14.3 Å². The van der Waals surface area contributed by atoms with E-state index >= 15 is 0 Å². The van der Waals surface area contributed by atoms with Gasteiger partial charge in [-0.2, -0.15) is 9.78 Å². The number of hydrogen-bond donors (Lipinski definition) is 1. The molecule has 0 saturated carbocycles. The fourth-order valence-electron chi connectivity index (χ4n) is 3.63. The minimum atomic E-state index is -1.14. The molecule has 0 unspecified atom stereocenters. The number of carboxylic acids is 1.